The largest absolute Gasteiger partial charge is 0.507 e. The third-order valence-electron chi connectivity index (χ3n) is 10.9. The standard InChI is InChI=1S/C40H45N3O10/c1-5-53-39(50)27(16-20-9-7-6-8-10-20)42-19-21-11-14-29(52-4)24(15-21)23-12-13-28(44)31-25(23)17-22-18-26-33(43(2)3)35(46)32(38(41)49)37(48)40(26,51)36(47)30(22)34(31)45/h6-15,22,26-27,32-33,35,42,44-46,51H,5,16-19H2,1-4H3,(H2,41,49)/t22-,26-,27?,32?,33-,35?,40-/m1/s1. The Morgan fingerprint density at radius 2 is 1.75 bits per heavy atom. The molecule has 280 valence electrons. The lowest BCUT2D eigenvalue weighted by Crippen LogP contribution is -2.73. The van der Waals surface area contributed by atoms with Crippen molar-refractivity contribution in [2.24, 2.45) is 23.5 Å². The molecule has 0 aromatic heterocycles. The zero-order valence-electron chi connectivity index (χ0n) is 30.0. The molecule has 0 saturated heterocycles. The topological polar surface area (TPSA) is 209 Å². The molecule has 13 nitrogen and oxygen atoms in total. The van der Waals surface area contributed by atoms with Crippen molar-refractivity contribution in [1.82, 2.24) is 10.2 Å². The Hall–Kier alpha value is -5.08. The third kappa shape index (κ3) is 6.48. The van der Waals surface area contributed by atoms with Gasteiger partial charge in [-0.1, -0.05) is 42.5 Å². The van der Waals surface area contributed by atoms with Crippen molar-refractivity contribution >= 4 is 29.2 Å². The van der Waals surface area contributed by atoms with Crippen LogP contribution in [-0.4, -0.2) is 100 Å². The van der Waals surface area contributed by atoms with Crippen LogP contribution in [-0.2, 0) is 43.3 Å². The number of aliphatic hydroxyl groups is 3. The molecule has 0 bridgehead atoms. The van der Waals surface area contributed by atoms with E-state index in [1.165, 1.54) is 13.2 Å². The number of phenolic OH excluding ortho intramolecular Hbond substituents is 1. The number of primary amides is 1. The highest BCUT2D eigenvalue weighted by atomic mass is 16.5. The fraction of sp³-hybridized carbons (Fsp3) is 0.400. The second-order valence-corrected chi connectivity index (χ2v) is 14.2. The van der Waals surface area contributed by atoms with Crippen LogP contribution < -0.4 is 15.8 Å². The summed E-state index contributed by atoms with van der Waals surface area (Å²) in [6.45, 7) is 2.28. The third-order valence-corrected chi connectivity index (χ3v) is 10.9. The number of nitrogens with zero attached hydrogens (tertiary/aromatic N) is 1. The highest BCUT2D eigenvalue weighted by Crippen LogP contribution is 2.53. The first kappa shape index (κ1) is 37.7. The Labute approximate surface area is 307 Å². The molecule has 3 unspecified atom stereocenters. The van der Waals surface area contributed by atoms with Crippen molar-refractivity contribution < 1.29 is 49.1 Å². The lowest BCUT2D eigenvalue weighted by atomic mass is 9.54. The van der Waals surface area contributed by atoms with E-state index in [9.17, 15) is 39.6 Å². The predicted molar refractivity (Wildman–Crippen MR) is 193 cm³/mol. The number of hydrogen-bond acceptors (Lipinski definition) is 12. The Bertz CT molecular complexity index is 1980. The number of nitrogens with one attached hydrogen (secondary N) is 1. The van der Waals surface area contributed by atoms with E-state index in [1.807, 2.05) is 42.5 Å². The van der Waals surface area contributed by atoms with Crippen molar-refractivity contribution in [1.29, 1.82) is 0 Å². The van der Waals surface area contributed by atoms with Gasteiger partial charge < -0.3 is 45.9 Å². The van der Waals surface area contributed by atoms with Gasteiger partial charge in [0, 0.05) is 29.6 Å². The normalized spacial score (nSPS) is 25.7. The first-order valence-corrected chi connectivity index (χ1v) is 17.6. The van der Waals surface area contributed by atoms with E-state index in [2.05, 4.69) is 5.32 Å². The van der Waals surface area contributed by atoms with E-state index in [1.54, 1.807) is 38.1 Å². The number of aliphatic hydroxyl groups excluding tert-OH is 2. The molecule has 7 N–H and O–H groups in total. The van der Waals surface area contributed by atoms with Gasteiger partial charge in [-0.25, -0.2) is 0 Å². The predicted octanol–water partition coefficient (Wildman–Crippen LogP) is 2.07. The van der Waals surface area contributed by atoms with Crippen LogP contribution in [0.1, 0.15) is 35.6 Å². The van der Waals surface area contributed by atoms with Gasteiger partial charge in [-0.15, -0.1) is 0 Å². The minimum absolute atomic E-state index is 0.00887. The molecule has 13 heteroatoms. The molecule has 3 aliphatic rings. The first-order valence-electron chi connectivity index (χ1n) is 17.6. The Morgan fingerprint density at radius 1 is 1.04 bits per heavy atom. The molecule has 2 saturated carbocycles. The molecule has 7 atom stereocenters. The minimum atomic E-state index is -2.75. The smallest absolute Gasteiger partial charge is 0.323 e. The zero-order valence-corrected chi connectivity index (χ0v) is 30.0. The van der Waals surface area contributed by atoms with Crippen LogP contribution in [0, 0.1) is 17.8 Å². The van der Waals surface area contributed by atoms with Crippen molar-refractivity contribution in [3.63, 3.8) is 0 Å². The number of methoxy groups -OCH3 is 1. The molecule has 3 aromatic rings. The number of esters is 1. The Morgan fingerprint density at radius 3 is 2.40 bits per heavy atom. The summed E-state index contributed by atoms with van der Waals surface area (Å²) in [6.07, 6.45) is -1.06. The maximum Gasteiger partial charge on any atom is 0.323 e. The SMILES string of the molecule is CCOC(=O)C(Cc1ccccc1)NCc1ccc(OC)c(-c2ccc(O)c3c2C[C@@H]2C[C@@H]4[C@@H](N(C)C)C(O)C(C(N)=O)C(=O)[C@]4(O)C(=O)C2=C3O)c1. The van der Waals surface area contributed by atoms with E-state index in [0.29, 0.717) is 28.9 Å². The highest BCUT2D eigenvalue weighted by molar-refractivity contribution is 6.25. The number of benzene rings is 3. The second kappa shape index (κ2) is 14.7. The average molecular weight is 728 g/mol. The summed E-state index contributed by atoms with van der Waals surface area (Å²) in [5.41, 5.74) is 5.96. The van der Waals surface area contributed by atoms with Crippen LogP contribution >= 0.6 is 0 Å². The molecule has 6 rings (SSSR count). The van der Waals surface area contributed by atoms with Gasteiger partial charge in [0.05, 0.1) is 25.4 Å². The van der Waals surface area contributed by atoms with Crippen LogP contribution in [0.3, 0.4) is 0 Å². The molecule has 0 radical (unpaired) electrons. The Kier molecular flexibility index (Phi) is 10.5. The van der Waals surface area contributed by atoms with Crippen molar-refractivity contribution in [3.05, 3.63) is 88.5 Å². The maximum atomic E-state index is 14.2. The van der Waals surface area contributed by atoms with Crippen molar-refractivity contribution in [2.75, 3.05) is 27.8 Å². The van der Waals surface area contributed by atoms with E-state index in [0.717, 1.165) is 11.1 Å². The van der Waals surface area contributed by atoms with Gasteiger partial charge in [0.15, 0.2) is 11.4 Å². The zero-order chi connectivity index (χ0) is 38.4. The fourth-order valence-corrected chi connectivity index (χ4v) is 8.50. The summed E-state index contributed by atoms with van der Waals surface area (Å²) in [6, 6.07) is 16.6. The van der Waals surface area contributed by atoms with Crippen LogP contribution in [0.2, 0.25) is 0 Å². The van der Waals surface area contributed by atoms with Crippen LogP contribution in [0.15, 0.2) is 66.2 Å². The minimum Gasteiger partial charge on any atom is -0.507 e. The highest BCUT2D eigenvalue weighted by Gasteiger charge is 2.67. The number of ether oxygens (including phenoxy) is 2. The number of carbonyl (C=O) groups excluding carboxylic acids is 4. The molecule has 1 amide bonds. The molecule has 0 aliphatic heterocycles. The number of Topliss-reactive ketones (excluding diaryl/α,β-unsaturated/α-hetero) is 2. The van der Waals surface area contributed by atoms with Gasteiger partial charge in [0.2, 0.25) is 11.7 Å². The number of likely N-dealkylation sites (N-methyl/N-ethyl adjacent to an activating group) is 1. The number of phenols is 1. The molecule has 3 aromatic carbocycles. The molecular formula is C40H45N3O10. The van der Waals surface area contributed by atoms with Gasteiger partial charge in [0.25, 0.3) is 0 Å². The number of ketones is 2. The lowest BCUT2D eigenvalue weighted by molar-refractivity contribution is -0.184. The fourth-order valence-electron chi connectivity index (χ4n) is 8.50. The van der Waals surface area contributed by atoms with E-state index in [-0.39, 0.29) is 48.8 Å². The van der Waals surface area contributed by atoms with Crippen LogP contribution in [0.4, 0.5) is 0 Å². The number of amides is 1. The van der Waals surface area contributed by atoms with Crippen molar-refractivity contribution in [3.8, 4) is 22.6 Å². The van der Waals surface area contributed by atoms with Gasteiger partial charge in [-0.3, -0.25) is 19.2 Å². The number of aromatic hydroxyl groups is 1. The Balaban J connectivity index is 1.39. The summed E-state index contributed by atoms with van der Waals surface area (Å²) >= 11 is 0. The summed E-state index contributed by atoms with van der Waals surface area (Å²) in [5, 5.41) is 49.3. The molecule has 53 heavy (non-hydrogen) atoms. The molecular weight excluding hydrogens is 682 g/mol. The number of rotatable bonds is 11. The van der Waals surface area contributed by atoms with Gasteiger partial charge in [0.1, 0.15) is 29.2 Å². The number of carbonyl (C=O) groups is 4. The van der Waals surface area contributed by atoms with Gasteiger partial charge in [-0.2, -0.15) is 0 Å². The monoisotopic (exact) mass is 727 g/mol. The van der Waals surface area contributed by atoms with E-state index < -0.39 is 64.8 Å². The van der Waals surface area contributed by atoms with Gasteiger partial charge >= 0.3 is 5.97 Å². The average Bonchev–Trinajstić information content (AvgIpc) is 3.12. The van der Waals surface area contributed by atoms with Crippen LogP contribution in [0.25, 0.3) is 16.9 Å². The number of nitrogens with two attached hydrogens (primary N) is 1. The van der Waals surface area contributed by atoms with E-state index in [4.69, 9.17) is 15.2 Å². The van der Waals surface area contributed by atoms with E-state index >= 15 is 0 Å². The van der Waals surface area contributed by atoms with Crippen molar-refractivity contribution in [2.45, 2.75) is 56.5 Å². The summed E-state index contributed by atoms with van der Waals surface area (Å²) < 4.78 is 11.1. The summed E-state index contributed by atoms with van der Waals surface area (Å²) in [4.78, 5) is 54.7. The number of fused-ring (bicyclic) bond motifs is 3. The molecule has 2 fully saturated rings. The summed E-state index contributed by atoms with van der Waals surface area (Å²) in [7, 11) is 4.72. The molecule has 0 spiro atoms. The lowest BCUT2D eigenvalue weighted by Gasteiger charge is -2.53. The molecule has 0 heterocycles. The summed E-state index contributed by atoms with van der Waals surface area (Å²) in [5.74, 6) is -7.98. The second-order valence-electron chi connectivity index (χ2n) is 14.2. The maximum absolute atomic E-state index is 14.2. The van der Waals surface area contributed by atoms with Gasteiger partial charge in [-0.05, 0) is 86.7 Å². The molecule has 3 aliphatic carbocycles. The first-order chi connectivity index (χ1) is 25.2. The van der Waals surface area contributed by atoms with Crippen LogP contribution in [0.5, 0.6) is 11.5 Å². The quantitative estimate of drug-likeness (QED) is 0.124. The number of hydrogen-bond donors (Lipinski definition) is 6.